The van der Waals surface area contributed by atoms with Gasteiger partial charge in [0.2, 0.25) is 0 Å². The molecule has 0 radical (unpaired) electrons. The maximum Gasteiger partial charge on any atom is 0.410 e. The van der Waals surface area contributed by atoms with Gasteiger partial charge in [-0.05, 0) is 57.9 Å². The minimum absolute atomic E-state index is 0.136. The molecule has 0 saturated carbocycles. The number of nitrogens with zero attached hydrogens (tertiary/aromatic N) is 4. The second-order valence-corrected chi connectivity index (χ2v) is 11.4. The second-order valence-electron chi connectivity index (χ2n) is 11.4. The number of piperidine rings is 1. The van der Waals surface area contributed by atoms with Crippen molar-refractivity contribution < 1.29 is 19.1 Å². The number of aromatic amines is 1. The summed E-state index contributed by atoms with van der Waals surface area (Å²) >= 11 is 0. The molecule has 11 nitrogen and oxygen atoms in total. The molecular weight excluding hydrogens is 510 g/mol. The zero-order valence-electron chi connectivity index (χ0n) is 23.7. The van der Waals surface area contributed by atoms with Crippen molar-refractivity contribution in [3.63, 3.8) is 0 Å². The fourth-order valence-corrected chi connectivity index (χ4v) is 5.34. The first-order valence-corrected chi connectivity index (χ1v) is 13.5. The van der Waals surface area contributed by atoms with Gasteiger partial charge >= 0.3 is 6.09 Å². The lowest BCUT2D eigenvalue weighted by molar-refractivity contribution is 0.00585. The van der Waals surface area contributed by atoms with Crippen molar-refractivity contribution in [2.45, 2.75) is 39.2 Å². The lowest BCUT2D eigenvalue weighted by atomic mass is 9.72. The maximum absolute atomic E-state index is 12.6. The van der Waals surface area contributed by atoms with Crippen LogP contribution < -0.4 is 20.3 Å². The summed E-state index contributed by atoms with van der Waals surface area (Å²) in [7, 11) is 3.21. The number of hydrogen-bond acceptors (Lipinski definition) is 8. The number of amides is 2. The number of hydrogen-bond donors (Lipinski definition) is 3. The Morgan fingerprint density at radius 1 is 1.10 bits per heavy atom. The van der Waals surface area contributed by atoms with Crippen LogP contribution in [-0.2, 0) is 4.74 Å². The lowest BCUT2D eigenvalue weighted by Gasteiger charge is -2.54. The molecule has 2 amide bonds. The Kier molecular flexibility index (Phi) is 7.31. The third-order valence-corrected chi connectivity index (χ3v) is 7.44. The number of rotatable bonds is 6. The predicted octanol–water partition coefficient (Wildman–Crippen LogP) is 4.42. The van der Waals surface area contributed by atoms with Crippen LogP contribution in [0, 0.1) is 5.41 Å². The van der Waals surface area contributed by atoms with Crippen molar-refractivity contribution >= 4 is 29.2 Å². The quantitative estimate of drug-likeness (QED) is 0.414. The number of pyridine rings is 2. The van der Waals surface area contributed by atoms with Gasteiger partial charge in [-0.2, -0.15) is 0 Å². The number of methoxy groups -OCH3 is 1. The molecule has 3 aromatic heterocycles. The molecule has 5 heterocycles. The molecule has 3 aromatic rings. The fourth-order valence-electron chi connectivity index (χ4n) is 5.34. The van der Waals surface area contributed by atoms with Gasteiger partial charge in [-0.25, -0.2) is 9.78 Å². The molecule has 1 spiro atoms. The molecule has 3 N–H and O–H groups in total. The smallest absolute Gasteiger partial charge is 0.410 e. The van der Waals surface area contributed by atoms with Crippen LogP contribution in [-0.4, -0.2) is 77.8 Å². The number of nitrogens with one attached hydrogen (secondary N) is 3. The SMILES string of the molecule is CNC(=O)c1cnc(-c2ccc[nH]2)cc1Nc1ccnc(N2CC3(CCN(C(=O)OC(C)(C)C)CC3)C2)c1OC. The zero-order chi connectivity index (χ0) is 28.5. The van der Waals surface area contributed by atoms with Gasteiger partial charge in [0.1, 0.15) is 5.60 Å². The first-order valence-electron chi connectivity index (χ1n) is 13.5. The molecular formula is C29H37N7O4. The van der Waals surface area contributed by atoms with E-state index in [1.54, 1.807) is 26.6 Å². The van der Waals surface area contributed by atoms with Crippen LogP contribution >= 0.6 is 0 Å². The highest BCUT2D eigenvalue weighted by molar-refractivity contribution is 6.00. The summed E-state index contributed by atoms with van der Waals surface area (Å²) in [6.45, 7) is 8.69. The van der Waals surface area contributed by atoms with Crippen molar-refractivity contribution in [2.75, 3.05) is 50.6 Å². The molecule has 40 heavy (non-hydrogen) atoms. The standard InChI is InChI=1S/C29H37N7O4/c1-28(2,3)40-27(38)35-13-9-29(10-14-35)17-36(18-29)25-24(39-5)21(8-12-32-25)34-22-15-23(20-7-6-11-31-20)33-16-19(22)26(37)30-4/h6-8,11-12,15-16,31H,9-10,13-14,17-18H2,1-5H3,(H,30,37)(H,32,33,34). The Bertz CT molecular complexity index is 1370. The van der Waals surface area contributed by atoms with E-state index in [-0.39, 0.29) is 17.4 Å². The van der Waals surface area contributed by atoms with Gasteiger partial charge in [0.25, 0.3) is 5.91 Å². The Hall–Kier alpha value is -4.28. The first-order chi connectivity index (χ1) is 19.1. The van der Waals surface area contributed by atoms with Crippen LogP contribution in [0.2, 0.25) is 0 Å². The molecule has 0 aliphatic carbocycles. The van der Waals surface area contributed by atoms with Gasteiger partial charge < -0.3 is 34.9 Å². The molecule has 0 aromatic carbocycles. The van der Waals surface area contributed by atoms with E-state index in [4.69, 9.17) is 9.47 Å². The Labute approximate surface area is 234 Å². The molecule has 2 aliphatic rings. The number of H-pyrrole nitrogens is 1. The largest absolute Gasteiger partial charge is 0.491 e. The summed E-state index contributed by atoms with van der Waals surface area (Å²) in [5, 5.41) is 6.08. The van der Waals surface area contributed by atoms with Crippen molar-refractivity contribution in [3.8, 4) is 17.1 Å². The van der Waals surface area contributed by atoms with Gasteiger partial charge in [0.05, 0.1) is 35.4 Å². The average molecular weight is 548 g/mol. The van der Waals surface area contributed by atoms with E-state index in [2.05, 4.69) is 30.5 Å². The minimum Gasteiger partial charge on any atom is -0.491 e. The van der Waals surface area contributed by atoms with Crippen LogP contribution in [0.3, 0.4) is 0 Å². The number of carbonyl (C=O) groups excluding carboxylic acids is 2. The van der Waals surface area contributed by atoms with E-state index in [9.17, 15) is 9.59 Å². The Balaban J connectivity index is 1.32. The van der Waals surface area contributed by atoms with Gasteiger partial charge in [0, 0.05) is 57.2 Å². The average Bonchev–Trinajstić information content (AvgIpc) is 3.45. The number of anilines is 3. The molecule has 2 saturated heterocycles. The van der Waals surface area contributed by atoms with Crippen molar-refractivity contribution in [1.82, 2.24) is 25.2 Å². The van der Waals surface area contributed by atoms with Crippen LogP contribution in [0.1, 0.15) is 44.0 Å². The first kappa shape index (κ1) is 27.3. The van der Waals surface area contributed by atoms with Gasteiger partial charge in [0.15, 0.2) is 11.6 Å². The highest BCUT2D eigenvalue weighted by atomic mass is 16.6. The van der Waals surface area contributed by atoms with Crippen LogP contribution in [0.4, 0.5) is 22.0 Å². The normalized spacial score (nSPS) is 16.3. The van der Waals surface area contributed by atoms with Crippen molar-refractivity contribution in [3.05, 3.63) is 48.4 Å². The second kappa shape index (κ2) is 10.7. The molecule has 0 atom stereocenters. The third-order valence-electron chi connectivity index (χ3n) is 7.44. The van der Waals surface area contributed by atoms with Crippen LogP contribution in [0.5, 0.6) is 5.75 Å². The van der Waals surface area contributed by atoms with E-state index < -0.39 is 5.60 Å². The summed E-state index contributed by atoms with van der Waals surface area (Å²) < 4.78 is 11.4. The highest BCUT2D eigenvalue weighted by Crippen LogP contribution is 2.46. The highest BCUT2D eigenvalue weighted by Gasteiger charge is 2.47. The van der Waals surface area contributed by atoms with E-state index >= 15 is 0 Å². The van der Waals surface area contributed by atoms with E-state index in [1.807, 2.05) is 56.1 Å². The van der Waals surface area contributed by atoms with E-state index in [0.717, 1.165) is 37.4 Å². The Morgan fingerprint density at radius 2 is 1.85 bits per heavy atom. The van der Waals surface area contributed by atoms with Crippen LogP contribution in [0.25, 0.3) is 11.4 Å². The molecule has 5 rings (SSSR count). The van der Waals surface area contributed by atoms with Gasteiger partial charge in [-0.1, -0.05) is 0 Å². The fraction of sp³-hybridized carbons (Fsp3) is 0.448. The Morgan fingerprint density at radius 3 is 2.48 bits per heavy atom. The monoisotopic (exact) mass is 547 g/mol. The number of carbonyl (C=O) groups is 2. The molecule has 11 heteroatoms. The topological polar surface area (TPSA) is 125 Å². The number of aromatic nitrogens is 3. The summed E-state index contributed by atoms with van der Waals surface area (Å²) in [5.74, 6) is 1.10. The molecule has 0 bridgehead atoms. The predicted molar refractivity (Wildman–Crippen MR) is 153 cm³/mol. The molecule has 2 aliphatic heterocycles. The molecule has 212 valence electrons. The third kappa shape index (κ3) is 5.54. The molecule has 0 unspecified atom stereocenters. The summed E-state index contributed by atoms with van der Waals surface area (Å²) in [5.41, 5.74) is 2.90. The summed E-state index contributed by atoms with van der Waals surface area (Å²) in [4.78, 5) is 41.4. The zero-order valence-corrected chi connectivity index (χ0v) is 23.7. The van der Waals surface area contributed by atoms with Crippen molar-refractivity contribution in [1.29, 1.82) is 0 Å². The van der Waals surface area contributed by atoms with E-state index in [1.165, 1.54) is 0 Å². The minimum atomic E-state index is -0.498. The van der Waals surface area contributed by atoms with E-state index in [0.29, 0.717) is 41.5 Å². The van der Waals surface area contributed by atoms with Gasteiger partial charge in [-0.3, -0.25) is 9.78 Å². The number of likely N-dealkylation sites (tertiary alicyclic amines) is 1. The number of ether oxygens (including phenoxy) is 2. The summed E-state index contributed by atoms with van der Waals surface area (Å²) in [6, 6.07) is 7.50. The van der Waals surface area contributed by atoms with Gasteiger partial charge in [-0.15, -0.1) is 0 Å². The molecule has 2 fully saturated rings. The van der Waals surface area contributed by atoms with Crippen molar-refractivity contribution in [2.24, 2.45) is 5.41 Å². The maximum atomic E-state index is 12.6. The summed E-state index contributed by atoms with van der Waals surface area (Å²) in [6.07, 6.45) is 6.72. The lowest BCUT2D eigenvalue weighted by Crippen LogP contribution is -2.61. The van der Waals surface area contributed by atoms with Crippen LogP contribution in [0.15, 0.2) is 42.9 Å².